The first-order valence-electron chi connectivity index (χ1n) is 4.46. The van der Waals surface area contributed by atoms with E-state index in [-0.39, 0.29) is 12.5 Å². The van der Waals surface area contributed by atoms with Gasteiger partial charge in [0.25, 0.3) is 0 Å². The fourth-order valence-corrected chi connectivity index (χ4v) is 2.34. The lowest BCUT2D eigenvalue weighted by molar-refractivity contribution is -0.129. The number of nitrogens with zero attached hydrogens (tertiary/aromatic N) is 1. The molecule has 0 radical (unpaired) electrons. The third kappa shape index (κ3) is 4.16. The molecule has 0 saturated heterocycles. The van der Waals surface area contributed by atoms with E-state index in [0.29, 0.717) is 0 Å². The molecule has 0 aromatic carbocycles. The first-order chi connectivity index (χ1) is 7.49. The molecule has 16 heavy (non-hydrogen) atoms. The van der Waals surface area contributed by atoms with Crippen molar-refractivity contribution in [1.29, 1.82) is 0 Å². The van der Waals surface area contributed by atoms with Crippen molar-refractivity contribution in [3.05, 3.63) is 26.9 Å². The Morgan fingerprint density at radius 1 is 1.56 bits per heavy atom. The van der Waals surface area contributed by atoms with Gasteiger partial charge in [0.2, 0.25) is 11.8 Å². The zero-order valence-electron chi connectivity index (χ0n) is 8.64. The second-order valence-electron chi connectivity index (χ2n) is 3.14. The Kier molecular flexibility index (Phi) is 4.70. The maximum absolute atomic E-state index is 11.5. The zero-order valence-corrected chi connectivity index (χ0v) is 11.0. The highest BCUT2D eigenvalue weighted by Gasteiger charge is 2.07. The molecule has 0 bridgehead atoms. The van der Waals surface area contributed by atoms with Gasteiger partial charge in [-0.2, -0.15) is 0 Å². The van der Waals surface area contributed by atoms with E-state index in [9.17, 15) is 9.59 Å². The molecule has 1 aromatic heterocycles. The summed E-state index contributed by atoms with van der Waals surface area (Å²) in [6.45, 7) is -0.0721. The lowest BCUT2D eigenvalue weighted by Crippen LogP contribution is -2.34. The summed E-state index contributed by atoms with van der Waals surface area (Å²) in [4.78, 5) is 24.3. The Morgan fingerprint density at radius 3 is 2.75 bits per heavy atom. The van der Waals surface area contributed by atoms with Gasteiger partial charge in [0.15, 0.2) is 0 Å². The SMILES string of the molecule is CN(CC(N)=O)C(=O)/C=C/c1ccc(Br)s1. The number of amides is 2. The van der Waals surface area contributed by atoms with Gasteiger partial charge >= 0.3 is 0 Å². The number of likely N-dealkylation sites (N-methyl/N-ethyl adjacent to an activating group) is 1. The van der Waals surface area contributed by atoms with Crippen LogP contribution < -0.4 is 5.73 Å². The van der Waals surface area contributed by atoms with Crippen LogP contribution in [0.4, 0.5) is 0 Å². The summed E-state index contributed by atoms with van der Waals surface area (Å²) >= 11 is 4.85. The van der Waals surface area contributed by atoms with E-state index < -0.39 is 5.91 Å². The van der Waals surface area contributed by atoms with Crippen molar-refractivity contribution >= 4 is 45.2 Å². The molecule has 0 aliphatic carbocycles. The Balaban J connectivity index is 2.57. The summed E-state index contributed by atoms with van der Waals surface area (Å²) in [5.74, 6) is -0.772. The summed E-state index contributed by atoms with van der Waals surface area (Å²) in [6, 6.07) is 3.80. The topological polar surface area (TPSA) is 63.4 Å². The molecule has 0 atom stereocenters. The molecule has 2 N–H and O–H groups in total. The molecule has 0 fully saturated rings. The maximum atomic E-state index is 11.5. The van der Waals surface area contributed by atoms with E-state index in [1.807, 2.05) is 12.1 Å². The van der Waals surface area contributed by atoms with Crippen LogP contribution in [-0.4, -0.2) is 30.3 Å². The van der Waals surface area contributed by atoms with E-state index in [2.05, 4.69) is 15.9 Å². The van der Waals surface area contributed by atoms with Crippen molar-refractivity contribution in [2.75, 3.05) is 13.6 Å². The van der Waals surface area contributed by atoms with E-state index in [4.69, 9.17) is 5.73 Å². The minimum Gasteiger partial charge on any atom is -0.368 e. The van der Waals surface area contributed by atoms with Crippen LogP contribution in [0, 0.1) is 0 Å². The van der Waals surface area contributed by atoms with Crippen LogP contribution >= 0.6 is 27.3 Å². The number of primary amides is 1. The number of carbonyl (C=O) groups is 2. The maximum Gasteiger partial charge on any atom is 0.246 e. The molecule has 1 heterocycles. The number of hydrogen-bond donors (Lipinski definition) is 1. The highest BCUT2D eigenvalue weighted by atomic mass is 79.9. The van der Waals surface area contributed by atoms with Crippen molar-refractivity contribution in [3.8, 4) is 0 Å². The van der Waals surface area contributed by atoms with Gasteiger partial charge in [0.05, 0.1) is 10.3 Å². The lowest BCUT2D eigenvalue weighted by atomic mass is 10.4. The van der Waals surface area contributed by atoms with Gasteiger partial charge in [-0.05, 0) is 34.1 Å². The van der Waals surface area contributed by atoms with Gasteiger partial charge in [-0.25, -0.2) is 0 Å². The fourth-order valence-electron chi connectivity index (χ4n) is 1.01. The van der Waals surface area contributed by atoms with E-state index >= 15 is 0 Å². The summed E-state index contributed by atoms with van der Waals surface area (Å²) in [7, 11) is 1.53. The van der Waals surface area contributed by atoms with Crippen molar-refractivity contribution in [2.24, 2.45) is 5.73 Å². The van der Waals surface area contributed by atoms with Gasteiger partial charge in [0, 0.05) is 18.0 Å². The third-order valence-electron chi connectivity index (χ3n) is 1.75. The van der Waals surface area contributed by atoms with Crippen LogP contribution in [0.5, 0.6) is 0 Å². The predicted octanol–water partition coefficient (Wildman–Crippen LogP) is 1.47. The number of nitrogens with two attached hydrogens (primary N) is 1. The van der Waals surface area contributed by atoms with Gasteiger partial charge in [0.1, 0.15) is 0 Å². The summed E-state index contributed by atoms with van der Waals surface area (Å²) in [5, 5.41) is 0. The molecular formula is C10H11BrN2O2S. The van der Waals surface area contributed by atoms with Crippen LogP contribution in [0.2, 0.25) is 0 Å². The van der Waals surface area contributed by atoms with E-state index in [1.54, 1.807) is 6.08 Å². The van der Waals surface area contributed by atoms with Gasteiger partial charge < -0.3 is 10.6 Å². The molecule has 4 nitrogen and oxygen atoms in total. The third-order valence-corrected chi connectivity index (χ3v) is 3.34. The van der Waals surface area contributed by atoms with Crippen LogP contribution in [0.3, 0.4) is 0 Å². The van der Waals surface area contributed by atoms with Crippen LogP contribution in [0.1, 0.15) is 4.88 Å². The smallest absolute Gasteiger partial charge is 0.246 e. The van der Waals surface area contributed by atoms with Gasteiger partial charge in [-0.3, -0.25) is 9.59 Å². The standard InChI is InChI=1S/C10H11BrN2O2S/c1-13(6-9(12)14)10(15)5-3-7-2-4-8(11)16-7/h2-5H,6H2,1H3,(H2,12,14)/b5-3+. The molecule has 0 unspecified atom stereocenters. The number of carbonyl (C=O) groups excluding carboxylic acids is 2. The largest absolute Gasteiger partial charge is 0.368 e. The Bertz CT molecular complexity index is 428. The van der Waals surface area contributed by atoms with Gasteiger partial charge in [-0.1, -0.05) is 0 Å². The quantitative estimate of drug-likeness (QED) is 0.856. The van der Waals surface area contributed by atoms with Crippen LogP contribution in [-0.2, 0) is 9.59 Å². The summed E-state index contributed by atoms with van der Waals surface area (Å²) in [5.41, 5.74) is 4.98. The summed E-state index contributed by atoms with van der Waals surface area (Å²) in [6.07, 6.45) is 3.12. The van der Waals surface area contributed by atoms with Crippen molar-refractivity contribution in [2.45, 2.75) is 0 Å². The molecule has 0 aliphatic rings. The Morgan fingerprint density at radius 2 is 2.25 bits per heavy atom. The molecule has 0 spiro atoms. The van der Waals surface area contributed by atoms with E-state index in [1.165, 1.54) is 29.4 Å². The number of hydrogen-bond acceptors (Lipinski definition) is 3. The molecule has 2 amide bonds. The number of halogens is 1. The molecule has 1 aromatic rings. The lowest BCUT2D eigenvalue weighted by Gasteiger charge is -2.11. The molecule has 6 heteroatoms. The summed E-state index contributed by atoms with van der Waals surface area (Å²) < 4.78 is 1.00. The second-order valence-corrected chi connectivity index (χ2v) is 5.63. The first-order valence-corrected chi connectivity index (χ1v) is 6.07. The van der Waals surface area contributed by atoms with Crippen molar-refractivity contribution in [1.82, 2.24) is 4.90 Å². The molecule has 1 rings (SSSR count). The molecule has 0 saturated carbocycles. The average Bonchev–Trinajstić information content (AvgIpc) is 2.59. The predicted molar refractivity (Wildman–Crippen MR) is 67.9 cm³/mol. The monoisotopic (exact) mass is 302 g/mol. The fraction of sp³-hybridized carbons (Fsp3) is 0.200. The zero-order chi connectivity index (χ0) is 12.1. The average molecular weight is 303 g/mol. The van der Waals surface area contributed by atoms with Gasteiger partial charge in [-0.15, -0.1) is 11.3 Å². The highest BCUT2D eigenvalue weighted by molar-refractivity contribution is 9.11. The number of thiophene rings is 1. The molecular weight excluding hydrogens is 292 g/mol. The molecule has 86 valence electrons. The normalized spacial score (nSPS) is 10.6. The highest BCUT2D eigenvalue weighted by Crippen LogP contribution is 2.22. The van der Waals surface area contributed by atoms with Crippen LogP contribution in [0.25, 0.3) is 6.08 Å². The minimum atomic E-state index is -0.525. The Hall–Kier alpha value is -1.14. The second kappa shape index (κ2) is 5.81. The van der Waals surface area contributed by atoms with E-state index in [0.717, 1.165) is 8.66 Å². The molecule has 0 aliphatic heterocycles. The Labute approximate surface area is 106 Å². The first kappa shape index (κ1) is 12.9. The number of rotatable bonds is 4. The van der Waals surface area contributed by atoms with Crippen LogP contribution in [0.15, 0.2) is 22.0 Å². The van der Waals surface area contributed by atoms with Crippen molar-refractivity contribution in [3.63, 3.8) is 0 Å². The minimum absolute atomic E-state index is 0.0721. The van der Waals surface area contributed by atoms with Crippen molar-refractivity contribution < 1.29 is 9.59 Å².